The summed E-state index contributed by atoms with van der Waals surface area (Å²) in [7, 11) is 1.60. The average molecular weight is 489 g/mol. The minimum atomic E-state index is -0.567. The molecule has 6 nitrogen and oxygen atoms in total. The Hall–Kier alpha value is -4.10. The number of aryl methyl sites for hydroxylation is 1. The fourth-order valence-electron chi connectivity index (χ4n) is 4.08. The van der Waals surface area contributed by atoms with Crippen LogP contribution in [-0.2, 0) is 0 Å². The lowest BCUT2D eigenvalue weighted by atomic mass is 10.0. The fourth-order valence-corrected chi connectivity index (χ4v) is 4.25. The minimum Gasteiger partial charge on any atom is -0.497 e. The number of rotatable bonds is 5. The molecule has 0 spiro atoms. The van der Waals surface area contributed by atoms with E-state index in [9.17, 15) is 9.18 Å². The van der Waals surface area contributed by atoms with Gasteiger partial charge in [0.15, 0.2) is 0 Å². The normalized spacial score (nSPS) is 14.5. The number of hydrogen-bond donors (Lipinski definition) is 2. The summed E-state index contributed by atoms with van der Waals surface area (Å²) in [6, 6.07) is 18.8. The molecule has 0 unspecified atom stereocenters. The van der Waals surface area contributed by atoms with Gasteiger partial charge in [-0.2, -0.15) is 5.10 Å². The standard InChI is InChI=1S/C27H22ClFN4O2/c1-16-10-11-18(28)13-23(16)32-27(34)21-15-30-33-25(20-8-3-4-9-22(20)29)14-24(31-26(21)33)17-6-5-7-19(12-17)35-2/h3-15,25,31H,1-2H3,(H,32,34)/t25-/m0/s1. The molecule has 35 heavy (non-hydrogen) atoms. The predicted octanol–water partition coefficient (Wildman–Crippen LogP) is 6.30. The van der Waals surface area contributed by atoms with Crippen molar-refractivity contribution in [2.24, 2.45) is 0 Å². The number of anilines is 2. The van der Waals surface area contributed by atoms with Crippen LogP contribution < -0.4 is 15.4 Å². The van der Waals surface area contributed by atoms with E-state index < -0.39 is 6.04 Å². The molecule has 0 saturated heterocycles. The fraction of sp³-hybridized carbons (Fsp3) is 0.111. The van der Waals surface area contributed by atoms with Crippen molar-refractivity contribution in [2.75, 3.05) is 17.7 Å². The van der Waals surface area contributed by atoms with Gasteiger partial charge in [-0.25, -0.2) is 9.07 Å². The molecule has 1 aromatic heterocycles. The number of ether oxygens (including phenoxy) is 1. The lowest BCUT2D eigenvalue weighted by molar-refractivity contribution is 0.102. The zero-order valence-corrected chi connectivity index (χ0v) is 19.8. The molecule has 1 aliphatic rings. The van der Waals surface area contributed by atoms with Crippen LogP contribution in [0.25, 0.3) is 5.70 Å². The molecule has 1 atom stereocenters. The van der Waals surface area contributed by atoms with Gasteiger partial charge in [0.2, 0.25) is 0 Å². The maximum absolute atomic E-state index is 14.8. The van der Waals surface area contributed by atoms with Crippen molar-refractivity contribution >= 4 is 34.7 Å². The minimum absolute atomic E-state index is 0.319. The number of allylic oxidation sites excluding steroid dienone is 1. The van der Waals surface area contributed by atoms with Crippen molar-refractivity contribution < 1.29 is 13.9 Å². The van der Waals surface area contributed by atoms with Crippen LogP contribution in [0.2, 0.25) is 5.02 Å². The maximum atomic E-state index is 14.8. The third kappa shape index (κ3) is 4.38. The molecular weight excluding hydrogens is 467 g/mol. The zero-order valence-electron chi connectivity index (χ0n) is 19.0. The predicted molar refractivity (Wildman–Crippen MR) is 136 cm³/mol. The van der Waals surface area contributed by atoms with E-state index in [-0.39, 0.29) is 11.7 Å². The highest BCUT2D eigenvalue weighted by molar-refractivity contribution is 6.31. The summed E-state index contributed by atoms with van der Waals surface area (Å²) in [6.07, 6.45) is 3.36. The Balaban J connectivity index is 1.59. The molecule has 3 aromatic carbocycles. The number of carbonyl (C=O) groups excluding carboxylic acids is 1. The lowest BCUT2D eigenvalue weighted by Gasteiger charge is -2.26. The number of methoxy groups -OCH3 is 1. The van der Waals surface area contributed by atoms with Gasteiger partial charge < -0.3 is 15.4 Å². The highest BCUT2D eigenvalue weighted by Gasteiger charge is 2.29. The zero-order chi connectivity index (χ0) is 24.5. The van der Waals surface area contributed by atoms with Gasteiger partial charge in [-0.05, 0) is 48.9 Å². The summed E-state index contributed by atoms with van der Waals surface area (Å²) >= 11 is 6.12. The highest BCUT2D eigenvalue weighted by atomic mass is 35.5. The van der Waals surface area contributed by atoms with Crippen molar-refractivity contribution in [2.45, 2.75) is 13.0 Å². The molecule has 5 rings (SSSR count). The monoisotopic (exact) mass is 488 g/mol. The molecule has 0 fully saturated rings. The van der Waals surface area contributed by atoms with Gasteiger partial charge >= 0.3 is 0 Å². The molecule has 1 amide bonds. The summed E-state index contributed by atoms with van der Waals surface area (Å²) in [4.78, 5) is 13.3. The summed E-state index contributed by atoms with van der Waals surface area (Å²) in [5.74, 6) is 0.419. The largest absolute Gasteiger partial charge is 0.497 e. The Bertz CT molecular complexity index is 1460. The van der Waals surface area contributed by atoms with E-state index in [1.54, 1.807) is 42.1 Å². The van der Waals surface area contributed by atoms with Crippen LogP contribution in [0.15, 0.2) is 79.0 Å². The first-order valence-electron chi connectivity index (χ1n) is 11.0. The Morgan fingerprint density at radius 3 is 2.77 bits per heavy atom. The number of amides is 1. The molecule has 4 aromatic rings. The maximum Gasteiger partial charge on any atom is 0.261 e. The highest BCUT2D eigenvalue weighted by Crippen LogP contribution is 2.37. The van der Waals surface area contributed by atoms with E-state index in [2.05, 4.69) is 15.7 Å². The van der Waals surface area contributed by atoms with Crippen LogP contribution in [0.1, 0.15) is 33.1 Å². The van der Waals surface area contributed by atoms with E-state index in [4.69, 9.17) is 16.3 Å². The molecule has 2 N–H and O–H groups in total. The van der Waals surface area contributed by atoms with Crippen LogP contribution in [0.4, 0.5) is 15.9 Å². The van der Waals surface area contributed by atoms with Crippen LogP contribution in [0.5, 0.6) is 5.75 Å². The number of aromatic nitrogens is 2. The molecule has 2 heterocycles. The number of hydrogen-bond acceptors (Lipinski definition) is 4. The lowest BCUT2D eigenvalue weighted by Crippen LogP contribution is -2.23. The second-order valence-corrected chi connectivity index (χ2v) is 8.60. The average Bonchev–Trinajstić information content (AvgIpc) is 3.30. The summed E-state index contributed by atoms with van der Waals surface area (Å²) in [5, 5.41) is 11.2. The van der Waals surface area contributed by atoms with Crippen molar-refractivity contribution in [1.29, 1.82) is 0 Å². The van der Waals surface area contributed by atoms with Crippen molar-refractivity contribution in [1.82, 2.24) is 9.78 Å². The number of benzene rings is 3. The third-order valence-corrected chi connectivity index (χ3v) is 6.17. The molecule has 8 heteroatoms. The number of nitrogens with one attached hydrogen (secondary N) is 2. The molecule has 1 aliphatic heterocycles. The molecule has 0 saturated carbocycles. The number of halogens is 2. The molecule has 0 bridgehead atoms. The molecule has 176 valence electrons. The van der Waals surface area contributed by atoms with E-state index >= 15 is 0 Å². The van der Waals surface area contributed by atoms with Crippen molar-refractivity contribution in [3.8, 4) is 5.75 Å². The third-order valence-electron chi connectivity index (χ3n) is 5.93. The van der Waals surface area contributed by atoms with E-state index in [0.29, 0.717) is 39.1 Å². The Morgan fingerprint density at radius 1 is 1.14 bits per heavy atom. The van der Waals surface area contributed by atoms with Gasteiger partial charge in [0.25, 0.3) is 5.91 Å². The summed E-state index contributed by atoms with van der Waals surface area (Å²) in [6.45, 7) is 1.88. The molecular formula is C27H22ClFN4O2. The smallest absolute Gasteiger partial charge is 0.261 e. The quantitative estimate of drug-likeness (QED) is 0.346. The number of nitrogens with zero attached hydrogens (tertiary/aromatic N) is 2. The van der Waals surface area contributed by atoms with Crippen molar-refractivity contribution in [3.63, 3.8) is 0 Å². The van der Waals surface area contributed by atoms with Gasteiger partial charge in [0, 0.05) is 27.5 Å². The first kappa shape index (κ1) is 22.7. The van der Waals surface area contributed by atoms with Crippen LogP contribution >= 0.6 is 11.6 Å². The number of fused-ring (bicyclic) bond motifs is 1. The van der Waals surface area contributed by atoms with E-state index in [1.807, 2.05) is 43.3 Å². The van der Waals surface area contributed by atoms with Crippen LogP contribution in [-0.4, -0.2) is 22.8 Å². The van der Waals surface area contributed by atoms with Crippen LogP contribution in [0, 0.1) is 12.7 Å². The number of carbonyl (C=O) groups is 1. The van der Waals surface area contributed by atoms with Gasteiger partial charge in [0.05, 0.1) is 13.3 Å². The first-order valence-corrected chi connectivity index (χ1v) is 11.3. The Morgan fingerprint density at radius 2 is 1.97 bits per heavy atom. The van der Waals surface area contributed by atoms with Gasteiger partial charge in [-0.3, -0.25) is 4.79 Å². The molecule has 0 radical (unpaired) electrons. The van der Waals surface area contributed by atoms with Crippen LogP contribution in [0.3, 0.4) is 0 Å². The summed E-state index contributed by atoms with van der Waals surface area (Å²) in [5.41, 5.74) is 3.77. The van der Waals surface area contributed by atoms with E-state index in [0.717, 1.165) is 11.1 Å². The second kappa shape index (κ2) is 9.27. The Kier molecular flexibility index (Phi) is 6.01. The summed E-state index contributed by atoms with van der Waals surface area (Å²) < 4.78 is 21.8. The second-order valence-electron chi connectivity index (χ2n) is 8.17. The van der Waals surface area contributed by atoms with Gasteiger partial charge in [-0.1, -0.05) is 48.0 Å². The first-order chi connectivity index (χ1) is 16.9. The van der Waals surface area contributed by atoms with Gasteiger partial charge in [0.1, 0.15) is 29.0 Å². The topological polar surface area (TPSA) is 68.2 Å². The van der Waals surface area contributed by atoms with Gasteiger partial charge in [-0.15, -0.1) is 0 Å². The van der Waals surface area contributed by atoms with E-state index in [1.165, 1.54) is 12.3 Å². The molecule has 0 aliphatic carbocycles. The van der Waals surface area contributed by atoms with Crippen molar-refractivity contribution in [3.05, 3.63) is 112 Å². The Labute approximate surface area is 207 Å². The SMILES string of the molecule is COc1cccc(C2=C[C@@H](c3ccccc3F)n3ncc(C(=O)Nc4cc(Cl)ccc4C)c3N2)c1.